The summed E-state index contributed by atoms with van der Waals surface area (Å²) in [5.74, 6) is 0.634. The summed E-state index contributed by atoms with van der Waals surface area (Å²) in [6.45, 7) is 6.31. The third kappa shape index (κ3) is 6.38. The van der Waals surface area contributed by atoms with Crippen LogP contribution >= 0.6 is 0 Å². The van der Waals surface area contributed by atoms with Gasteiger partial charge in [-0.2, -0.15) is 0 Å². The number of aliphatic imine (C=N–C) groups is 1. The maximum Gasteiger partial charge on any atom is 0.240 e. The third-order valence-corrected chi connectivity index (χ3v) is 6.39. The molecule has 1 aromatic carbocycles. The molecule has 2 heterocycles. The van der Waals surface area contributed by atoms with Crippen LogP contribution in [-0.2, 0) is 10.0 Å². The smallest absolute Gasteiger partial charge is 0.240 e. The molecule has 31 heavy (non-hydrogen) atoms. The first-order chi connectivity index (χ1) is 14.9. The van der Waals surface area contributed by atoms with Gasteiger partial charge < -0.3 is 15.5 Å². The number of sulfonamides is 1. The van der Waals surface area contributed by atoms with Crippen LogP contribution in [0.3, 0.4) is 0 Å². The Morgan fingerprint density at radius 1 is 1.29 bits per heavy atom. The van der Waals surface area contributed by atoms with Gasteiger partial charge in [-0.15, -0.1) is 0 Å². The summed E-state index contributed by atoms with van der Waals surface area (Å²) in [6.07, 6.45) is 2.41. The number of pyridine rings is 1. The van der Waals surface area contributed by atoms with Crippen LogP contribution < -0.4 is 20.3 Å². The summed E-state index contributed by atoms with van der Waals surface area (Å²) in [5.41, 5.74) is 1.00. The van der Waals surface area contributed by atoms with Gasteiger partial charge in [-0.05, 0) is 44.5 Å². The van der Waals surface area contributed by atoms with Crippen molar-refractivity contribution < 1.29 is 12.8 Å². The summed E-state index contributed by atoms with van der Waals surface area (Å²) >= 11 is 0. The van der Waals surface area contributed by atoms with E-state index in [9.17, 15) is 12.8 Å². The fraction of sp³-hybridized carbons (Fsp3) is 0.429. The molecule has 1 atom stereocenters. The minimum Gasteiger partial charge on any atom is -0.357 e. The van der Waals surface area contributed by atoms with Crippen molar-refractivity contribution in [2.24, 2.45) is 4.99 Å². The van der Waals surface area contributed by atoms with Crippen molar-refractivity contribution in [3.63, 3.8) is 0 Å². The lowest BCUT2D eigenvalue weighted by Gasteiger charge is -2.20. The summed E-state index contributed by atoms with van der Waals surface area (Å²) in [7, 11) is -3.56. The summed E-state index contributed by atoms with van der Waals surface area (Å²) < 4.78 is 41.3. The number of halogens is 1. The molecule has 0 aliphatic carbocycles. The number of rotatable bonds is 8. The zero-order valence-corrected chi connectivity index (χ0v) is 18.6. The number of nitrogens with zero attached hydrogens (tertiary/aromatic N) is 3. The molecule has 1 aromatic heterocycles. The fourth-order valence-corrected chi connectivity index (χ4v) is 4.36. The largest absolute Gasteiger partial charge is 0.357 e. The molecular weight excluding hydrogens is 419 g/mol. The number of hydrogen-bond acceptors (Lipinski definition) is 5. The SMILES string of the molecule is CCNC(=NCCNS(=O)(=O)c1ccc(C)cc1)NC1CCN(c2ncccc2F)C1. The average Bonchev–Trinajstić information content (AvgIpc) is 3.20. The monoisotopic (exact) mass is 448 g/mol. The molecule has 0 spiro atoms. The number of anilines is 1. The molecule has 0 bridgehead atoms. The number of nitrogens with one attached hydrogen (secondary N) is 3. The quantitative estimate of drug-likeness (QED) is 0.323. The molecule has 1 aliphatic rings. The molecule has 2 aromatic rings. The number of benzene rings is 1. The van der Waals surface area contributed by atoms with E-state index in [1.54, 1.807) is 36.5 Å². The molecule has 1 unspecified atom stereocenters. The third-order valence-electron chi connectivity index (χ3n) is 4.92. The van der Waals surface area contributed by atoms with Crippen LogP contribution in [0.2, 0.25) is 0 Å². The van der Waals surface area contributed by atoms with E-state index in [1.165, 1.54) is 6.07 Å². The Morgan fingerprint density at radius 2 is 2.06 bits per heavy atom. The second-order valence-electron chi connectivity index (χ2n) is 7.36. The zero-order valence-electron chi connectivity index (χ0n) is 17.8. The second-order valence-corrected chi connectivity index (χ2v) is 9.12. The first kappa shape index (κ1) is 23.0. The summed E-state index contributed by atoms with van der Waals surface area (Å²) in [5, 5.41) is 6.51. The predicted octanol–water partition coefficient (Wildman–Crippen LogP) is 1.64. The van der Waals surface area contributed by atoms with Crippen molar-refractivity contribution >= 4 is 21.8 Å². The minimum atomic E-state index is -3.56. The highest BCUT2D eigenvalue weighted by Crippen LogP contribution is 2.20. The summed E-state index contributed by atoms with van der Waals surface area (Å²) in [6, 6.07) is 9.78. The van der Waals surface area contributed by atoms with Gasteiger partial charge >= 0.3 is 0 Å². The molecule has 0 amide bonds. The Labute approximate surface area is 183 Å². The van der Waals surface area contributed by atoms with Crippen LogP contribution in [0.25, 0.3) is 0 Å². The fourth-order valence-electron chi connectivity index (χ4n) is 3.34. The Bertz CT molecular complexity index is 997. The lowest BCUT2D eigenvalue weighted by Crippen LogP contribution is -2.45. The van der Waals surface area contributed by atoms with E-state index in [0.29, 0.717) is 31.4 Å². The van der Waals surface area contributed by atoms with E-state index in [1.807, 2.05) is 18.7 Å². The first-order valence-electron chi connectivity index (χ1n) is 10.4. The van der Waals surface area contributed by atoms with E-state index in [-0.39, 0.29) is 29.8 Å². The van der Waals surface area contributed by atoms with E-state index < -0.39 is 10.0 Å². The number of aromatic nitrogens is 1. The molecule has 1 aliphatic heterocycles. The highest BCUT2D eigenvalue weighted by atomic mass is 32.2. The Kier molecular flexibility index (Phi) is 7.80. The number of aryl methyl sites for hydroxylation is 1. The topological polar surface area (TPSA) is 98.7 Å². The standard InChI is InChI=1S/C21H29FN6O2S/c1-3-23-21(25-12-13-26-31(29,30)18-8-6-16(2)7-9-18)27-17-10-14-28(15-17)20-19(22)5-4-11-24-20/h4-9,11,17,26H,3,10,12-15H2,1-2H3,(H2,23,25,27). The van der Waals surface area contributed by atoms with E-state index >= 15 is 0 Å². The van der Waals surface area contributed by atoms with Crippen molar-refractivity contribution in [2.75, 3.05) is 37.6 Å². The van der Waals surface area contributed by atoms with Crippen LogP contribution in [0.15, 0.2) is 52.5 Å². The normalized spacial score (nSPS) is 17.1. The van der Waals surface area contributed by atoms with Crippen LogP contribution in [-0.4, -0.2) is 58.1 Å². The number of hydrogen-bond donors (Lipinski definition) is 3. The molecule has 1 fully saturated rings. The average molecular weight is 449 g/mol. The highest BCUT2D eigenvalue weighted by molar-refractivity contribution is 7.89. The van der Waals surface area contributed by atoms with Crippen LogP contribution in [0, 0.1) is 12.7 Å². The highest BCUT2D eigenvalue weighted by Gasteiger charge is 2.26. The molecule has 1 saturated heterocycles. The van der Waals surface area contributed by atoms with Crippen molar-refractivity contribution in [1.82, 2.24) is 20.3 Å². The molecule has 168 valence electrons. The van der Waals surface area contributed by atoms with Gasteiger partial charge in [0.25, 0.3) is 0 Å². The molecular formula is C21H29FN6O2S. The van der Waals surface area contributed by atoms with Crippen molar-refractivity contribution in [1.29, 1.82) is 0 Å². The minimum absolute atomic E-state index is 0.0865. The van der Waals surface area contributed by atoms with Crippen molar-refractivity contribution in [3.05, 3.63) is 54.0 Å². The predicted molar refractivity (Wildman–Crippen MR) is 120 cm³/mol. The van der Waals surface area contributed by atoms with Gasteiger partial charge in [0, 0.05) is 38.4 Å². The first-order valence-corrected chi connectivity index (χ1v) is 11.8. The molecule has 3 rings (SSSR count). The molecule has 3 N–H and O–H groups in total. The van der Waals surface area contributed by atoms with Gasteiger partial charge in [0.15, 0.2) is 17.6 Å². The van der Waals surface area contributed by atoms with E-state index in [2.05, 4.69) is 25.3 Å². The van der Waals surface area contributed by atoms with Crippen LogP contribution in [0.5, 0.6) is 0 Å². The molecule has 0 radical (unpaired) electrons. The Balaban J connectivity index is 1.52. The second kappa shape index (κ2) is 10.5. The molecule has 8 nitrogen and oxygen atoms in total. The van der Waals surface area contributed by atoms with Gasteiger partial charge in [0.2, 0.25) is 10.0 Å². The lowest BCUT2D eigenvalue weighted by molar-refractivity contribution is 0.581. The van der Waals surface area contributed by atoms with Gasteiger partial charge in [-0.1, -0.05) is 17.7 Å². The Morgan fingerprint density at radius 3 is 2.77 bits per heavy atom. The van der Waals surface area contributed by atoms with Crippen molar-refractivity contribution in [2.45, 2.75) is 31.2 Å². The maximum absolute atomic E-state index is 14.0. The van der Waals surface area contributed by atoms with Crippen LogP contribution in [0.1, 0.15) is 18.9 Å². The van der Waals surface area contributed by atoms with Crippen LogP contribution in [0.4, 0.5) is 10.2 Å². The van der Waals surface area contributed by atoms with E-state index in [4.69, 9.17) is 0 Å². The number of guanidine groups is 1. The zero-order chi connectivity index (χ0) is 22.3. The molecule has 0 saturated carbocycles. The van der Waals surface area contributed by atoms with Gasteiger partial charge in [-0.3, -0.25) is 4.99 Å². The van der Waals surface area contributed by atoms with Crippen molar-refractivity contribution in [3.8, 4) is 0 Å². The van der Waals surface area contributed by atoms with Gasteiger partial charge in [-0.25, -0.2) is 22.5 Å². The summed E-state index contributed by atoms with van der Waals surface area (Å²) in [4.78, 5) is 10.7. The molecule has 10 heteroatoms. The van der Waals surface area contributed by atoms with E-state index in [0.717, 1.165) is 12.0 Å². The lowest BCUT2D eigenvalue weighted by atomic mass is 10.2. The van der Waals surface area contributed by atoms with Gasteiger partial charge in [0.1, 0.15) is 0 Å². The maximum atomic E-state index is 14.0. The van der Waals surface area contributed by atoms with Gasteiger partial charge in [0.05, 0.1) is 11.4 Å². The Hall–Kier alpha value is -2.72.